The summed E-state index contributed by atoms with van der Waals surface area (Å²) in [4.78, 5) is 36.4. The molecular formula is C20H18F6N4O4. The standard InChI is InChI=1S/C20H18F6N4O4/c21-3-7-4-29(6-10(7)28-19(34)20(24,25)26)16-12(22)14(27)11-15(13(16)23)30(8-1-2-8)5-9(17(11)31)18(32)33/h5,7-8,10H,1-4,6,27H2,(H,28,34)(H,32,33)/t7-,10+/m1/s1. The zero-order chi connectivity index (χ0) is 25.1. The highest BCUT2D eigenvalue weighted by molar-refractivity contribution is 5.99. The van der Waals surface area contributed by atoms with E-state index in [2.05, 4.69) is 0 Å². The summed E-state index contributed by atoms with van der Waals surface area (Å²) in [5, 5.41) is 10.3. The number of nitrogens with two attached hydrogens (primary N) is 1. The normalized spacial score (nSPS) is 20.7. The fourth-order valence-corrected chi connectivity index (χ4v) is 4.25. The fraction of sp³-hybridized carbons (Fsp3) is 0.450. The Kier molecular flexibility index (Phi) is 5.64. The maximum absolute atomic E-state index is 15.7. The molecule has 1 aromatic heterocycles. The van der Waals surface area contributed by atoms with Crippen LogP contribution in [0.2, 0.25) is 0 Å². The molecular weight excluding hydrogens is 474 g/mol. The molecule has 2 aromatic rings. The lowest BCUT2D eigenvalue weighted by Gasteiger charge is -2.24. The third kappa shape index (κ3) is 3.80. The number of carboxylic acid groups (broad SMARTS) is 1. The summed E-state index contributed by atoms with van der Waals surface area (Å²) in [6, 6.07) is -1.78. The Balaban J connectivity index is 1.85. The van der Waals surface area contributed by atoms with Crippen LogP contribution in [-0.4, -0.2) is 53.5 Å². The van der Waals surface area contributed by atoms with Gasteiger partial charge in [-0.15, -0.1) is 0 Å². The number of aromatic carboxylic acids is 1. The van der Waals surface area contributed by atoms with E-state index in [4.69, 9.17) is 5.73 Å². The van der Waals surface area contributed by atoms with Crippen molar-refractivity contribution in [3.8, 4) is 0 Å². The van der Waals surface area contributed by atoms with E-state index < -0.39 is 94.7 Å². The molecule has 4 N–H and O–H groups in total. The molecule has 1 aliphatic heterocycles. The number of carboxylic acids is 1. The van der Waals surface area contributed by atoms with Crippen LogP contribution in [0, 0.1) is 17.6 Å². The number of carbonyl (C=O) groups is 2. The molecule has 14 heteroatoms. The first-order chi connectivity index (χ1) is 15.9. The van der Waals surface area contributed by atoms with Crippen LogP contribution >= 0.6 is 0 Å². The Morgan fingerprint density at radius 2 is 1.82 bits per heavy atom. The molecule has 1 aliphatic carbocycles. The summed E-state index contributed by atoms with van der Waals surface area (Å²) in [5.41, 5.74) is 1.77. The van der Waals surface area contributed by atoms with Crippen LogP contribution < -0.4 is 21.4 Å². The third-order valence-electron chi connectivity index (χ3n) is 6.06. The second kappa shape index (κ2) is 8.09. The molecule has 4 rings (SSSR count). The molecule has 2 fully saturated rings. The molecule has 1 saturated heterocycles. The Labute approximate surface area is 186 Å². The van der Waals surface area contributed by atoms with E-state index in [0.29, 0.717) is 12.8 Å². The van der Waals surface area contributed by atoms with Gasteiger partial charge in [0.05, 0.1) is 29.3 Å². The molecule has 0 radical (unpaired) electrons. The van der Waals surface area contributed by atoms with Crippen LogP contribution in [0.1, 0.15) is 29.2 Å². The number of benzene rings is 1. The number of rotatable bonds is 5. The predicted molar refractivity (Wildman–Crippen MR) is 107 cm³/mol. The summed E-state index contributed by atoms with van der Waals surface area (Å²) in [6.07, 6.45) is -3.24. The fourth-order valence-electron chi connectivity index (χ4n) is 4.25. The second-order valence-electron chi connectivity index (χ2n) is 8.33. The Morgan fingerprint density at radius 3 is 2.35 bits per heavy atom. The van der Waals surface area contributed by atoms with Crippen LogP contribution in [0.25, 0.3) is 10.9 Å². The first-order valence-electron chi connectivity index (χ1n) is 10.1. The highest BCUT2D eigenvalue weighted by atomic mass is 19.4. The van der Waals surface area contributed by atoms with Gasteiger partial charge in [0.1, 0.15) is 11.3 Å². The van der Waals surface area contributed by atoms with Gasteiger partial charge in [-0.25, -0.2) is 13.6 Å². The number of aromatic nitrogens is 1. The van der Waals surface area contributed by atoms with Crippen LogP contribution in [0.5, 0.6) is 0 Å². The van der Waals surface area contributed by atoms with E-state index in [1.54, 1.807) is 5.32 Å². The molecule has 0 unspecified atom stereocenters. The van der Waals surface area contributed by atoms with Crippen molar-refractivity contribution < 1.29 is 41.0 Å². The Morgan fingerprint density at radius 1 is 1.18 bits per heavy atom. The third-order valence-corrected chi connectivity index (χ3v) is 6.06. The summed E-state index contributed by atoms with van der Waals surface area (Å²) >= 11 is 0. The van der Waals surface area contributed by atoms with Gasteiger partial charge in [0.25, 0.3) is 0 Å². The van der Waals surface area contributed by atoms with Crippen molar-refractivity contribution in [3.05, 3.63) is 33.6 Å². The molecule has 184 valence electrons. The highest BCUT2D eigenvalue weighted by Gasteiger charge is 2.44. The Hall–Kier alpha value is -3.45. The summed E-state index contributed by atoms with van der Waals surface area (Å²) in [5.74, 6) is -7.86. The highest BCUT2D eigenvalue weighted by Crippen LogP contribution is 2.42. The van der Waals surface area contributed by atoms with Crippen LogP contribution in [0.4, 0.5) is 37.7 Å². The number of nitrogen functional groups attached to an aromatic ring is 1. The number of hydrogen-bond acceptors (Lipinski definition) is 5. The lowest BCUT2D eigenvalue weighted by molar-refractivity contribution is -0.174. The van der Waals surface area contributed by atoms with E-state index in [-0.39, 0.29) is 6.04 Å². The molecule has 1 saturated carbocycles. The van der Waals surface area contributed by atoms with E-state index in [0.717, 1.165) is 11.1 Å². The minimum atomic E-state index is -5.24. The van der Waals surface area contributed by atoms with E-state index in [9.17, 15) is 37.1 Å². The summed E-state index contributed by atoms with van der Waals surface area (Å²) in [6.45, 7) is -2.19. The second-order valence-corrected chi connectivity index (χ2v) is 8.33. The monoisotopic (exact) mass is 492 g/mol. The van der Waals surface area contributed by atoms with E-state index in [1.165, 1.54) is 4.57 Å². The number of pyridine rings is 1. The minimum Gasteiger partial charge on any atom is -0.477 e. The first kappa shape index (κ1) is 23.7. The van der Waals surface area contributed by atoms with Crippen LogP contribution in [0.3, 0.4) is 0 Å². The lowest BCUT2D eigenvalue weighted by atomic mass is 10.1. The van der Waals surface area contributed by atoms with Gasteiger partial charge < -0.3 is 25.6 Å². The van der Waals surface area contributed by atoms with Crippen molar-refractivity contribution in [3.63, 3.8) is 0 Å². The van der Waals surface area contributed by atoms with Gasteiger partial charge in [-0.2, -0.15) is 13.2 Å². The molecule has 1 aromatic carbocycles. The van der Waals surface area contributed by atoms with E-state index >= 15 is 8.78 Å². The molecule has 8 nitrogen and oxygen atoms in total. The number of halogens is 6. The van der Waals surface area contributed by atoms with E-state index in [1.807, 2.05) is 0 Å². The van der Waals surface area contributed by atoms with Gasteiger partial charge in [0, 0.05) is 31.2 Å². The number of nitrogens with zero attached hydrogens (tertiary/aromatic N) is 2. The average molecular weight is 492 g/mol. The van der Waals surface area contributed by atoms with Gasteiger partial charge in [0.15, 0.2) is 11.6 Å². The smallest absolute Gasteiger partial charge is 0.471 e. The maximum atomic E-state index is 15.7. The van der Waals surface area contributed by atoms with Gasteiger partial charge in [-0.3, -0.25) is 14.0 Å². The molecule has 34 heavy (non-hydrogen) atoms. The molecule has 2 atom stereocenters. The number of fused-ring (bicyclic) bond motifs is 1. The van der Waals surface area contributed by atoms with Gasteiger partial charge in [-0.1, -0.05) is 0 Å². The molecule has 2 heterocycles. The maximum Gasteiger partial charge on any atom is 0.471 e. The summed E-state index contributed by atoms with van der Waals surface area (Å²) < 4.78 is 83.6. The number of alkyl halides is 4. The van der Waals surface area contributed by atoms with Crippen molar-refractivity contribution >= 4 is 34.2 Å². The van der Waals surface area contributed by atoms with Gasteiger partial charge in [-0.05, 0) is 12.8 Å². The topological polar surface area (TPSA) is 118 Å². The predicted octanol–water partition coefficient (Wildman–Crippen LogP) is 2.35. The largest absolute Gasteiger partial charge is 0.477 e. The minimum absolute atomic E-state index is 0.371. The molecule has 0 spiro atoms. The number of nitrogens with one attached hydrogen (secondary N) is 1. The van der Waals surface area contributed by atoms with Crippen molar-refractivity contribution in [2.45, 2.75) is 31.1 Å². The van der Waals surface area contributed by atoms with Crippen molar-refractivity contribution in [2.75, 3.05) is 30.4 Å². The number of hydrogen-bond donors (Lipinski definition) is 3. The summed E-state index contributed by atoms with van der Waals surface area (Å²) in [7, 11) is 0. The molecule has 1 amide bonds. The zero-order valence-corrected chi connectivity index (χ0v) is 17.3. The van der Waals surface area contributed by atoms with Crippen molar-refractivity contribution in [1.82, 2.24) is 9.88 Å². The van der Waals surface area contributed by atoms with Crippen molar-refractivity contribution in [2.24, 2.45) is 5.92 Å². The van der Waals surface area contributed by atoms with Crippen LogP contribution in [-0.2, 0) is 4.79 Å². The molecule has 2 aliphatic rings. The number of carbonyl (C=O) groups excluding carboxylic acids is 1. The van der Waals surface area contributed by atoms with Crippen LogP contribution in [0.15, 0.2) is 11.0 Å². The SMILES string of the molecule is Nc1c(F)c(N2C[C@@H](CF)[C@@H](NC(=O)C(F)(F)F)C2)c(F)c2c1c(=O)c(C(=O)O)cn2C1CC1. The first-order valence-corrected chi connectivity index (χ1v) is 10.1. The molecule has 0 bridgehead atoms. The van der Waals surface area contributed by atoms with Crippen molar-refractivity contribution in [1.29, 1.82) is 0 Å². The number of anilines is 2. The average Bonchev–Trinajstić information content (AvgIpc) is 3.52. The van der Waals surface area contributed by atoms with Gasteiger partial charge >= 0.3 is 18.1 Å². The Bertz CT molecular complexity index is 1260. The number of amides is 1. The van der Waals surface area contributed by atoms with Gasteiger partial charge in [0.2, 0.25) is 5.43 Å². The quantitative estimate of drug-likeness (QED) is 0.436. The zero-order valence-electron chi connectivity index (χ0n) is 17.3. The lowest BCUT2D eigenvalue weighted by Crippen LogP contribution is -2.47.